The third kappa shape index (κ3) is 2.26. The third-order valence-electron chi connectivity index (χ3n) is 3.59. The molecule has 0 saturated heterocycles. The number of benzene rings is 1. The predicted octanol–water partition coefficient (Wildman–Crippen LogP) is 3.28. The average Bonchev–Trinajstić information content (AvgIpc) is 2.89. The van der Waals surface area contributed by atoms with Crippen LogP contribution in [0.2, 0.25) is 0 Å². The van der Waals surface area contributed by atoms with Gasteiger partial charge in [-0.1, -0.05) is 36.5 Å². The van der Waals surface area contributed by atoms with Crippen LogP contribution in [0.25, 0.3) is 0 Å². The molecule has 0 saturated carbocycles. The van der Waals surface area contributed by atoms with Crippen molar-refractivity contribution in [3.8, 4) is 0 Å². The van der Waals surface area contributed by atoms with Gasteiger partial charge in [0.2, 0.25) is 0 Å². The number of hydrogen-bond acceptors (Lipinski definition) is 4. The van der Waals surface area contributed by atoms with E-state index in [1.807, 2.05) is 0 Å². The molecule has 0 spiro atoms. The zero-order chi connectivity index (χ0) is 13.2. The van der Waals surface area contributed by atoms with Gasteiger partial charge in [-0.2, -0.15) is 0 Å². The maximum atomic E-state index is 9.41. The maximum Gasteiger partial charge on any atom is 0.190 e. The number of fused-ring (bicyclic) bond motifs is 1. The summed E-state index contributed by atoms with van der Waals surface area (Å²) >= 11 is 1.62. The first-order valence-electron chi connectivity index (χ1n) is 6.78. The van der Waals surface area contributed by atoms with Crippen molar-refractivity contribution < 1.29 is 5.11 Å². The Hall–Kier alpha value is -1.39. The van der Waals surface area contributed by atoms with Crippen LogP contribution in [0, 0.1) is 0 Å². The summed E-state index contributed by atoms with van der Waals surface area (Å²) in [5.41, 5.74) is 3.70. The summed E-state index contributed by atoms with van der Waals surface area (Å²) < 4.78 is 0. The fourth-order valence-corrected chi connectivity index (χ4v) is 3.67. The fourth-order valence-electron chi connectivity index (χ4n) is 2.62. The molecule has 0 amide bonds. The highest BCUT2D eigenvalue weighted by atomic mass is 32.1. The molecule has 1 aromatic carbocycles. The lowest BCUT2D eigenvalue weighted by molar-refractivity contribution is 0.284. The summed E-state index contributed by atoms with van der Waals surface area (Å²) in [6.07, 6.45) is 3.18. The second-order valence-corrected chi connectivity index (χ2v) is 5.82. The Morgan fingerprint density at radius 3 is 2.95 bits per heavy atom. The van der Waals surface area contributed by atoms with Crippen LogP contribution in [0.3, 0.4) is 0 Å². The third-order valence-corrected chi connectivity index (χ3v) is 4.69. The first-order chi connectivity index (χ1) is 9.33. The van der Waals surface area contributed by atoms with Gasteiger partial charge >= 0.3 is 0 Å². The summed E-state index contributed by atoms with van der Waals surface area (Å²) in [5, 5.41) is 10.4. The highest BCUT2D eigenvalue weighted by Gasteiger charge is 2.21. The van der Waals surface area contributed by atoms with Gasteiger partial charge < -0.3 is 10.0 Å². The summed E-state index contributed by atoms with van der Waals surface area (Å²) in [6, 6.07) is 8.54. The van der Waals surface area contributed by atoms with E-state index in [0.717, 1.165) is 41.5 Å². The number of hydrogen-bond donors (Lipinski definition) is 1. The van der Waals surface area contributed by atoms with Gasteiger partial charge in [0, 0.05) is 12.2 Å². The molecule has 1 N–H and O–H groups in total. The lowest BCUT2D eigenvalue weighted by Crippen LogP contribution is -2.24. The van der Waals surface area contributed by atoms with Gasteiger partial charge in [0.1, 0.15) is 0 Å². The van der Waals surface area contributed by atoms with Crippen molar-refractivity contribution in [2.24, 2.45) is 0 Å². The van der Waals surface area contributed by atoms with E-state index in [0.29, 0.717) is 0 Å². The molecule has 0 aliphatic carbocycles. The Labute approximate surface area is 117 Å². The molecule has 0 bridgehead atoms. The molecule has 100 valence electrons. The molecule has 0 fully saturated rings. The van der Waals surface area contributed by atoms with Gasteiger partial charge in [0.25, 0.3) is 0 Å². The normalized spacial score (nSPS) is 14.5. The Morgan fingerprint density at radius 1 is 1.37 bits per heavy atom. The minimum atomic E-state index is 0.0936. The fraction of sp³-hybridized carbons (Fsp3) is 0.400. The molecule has 2 heterocycles. The highest BCUT2D eigenvalue weighted by molar-refractivity contribution is 7.15. The van der Waals surface area contributed by atoms with Crippen LogP contribution in [0.1, 0.15) is 29.5 Å². The summed E-state index contributed by atoms with van der Waals surface area (Å²) in [7, 11) is 0. The maximum absolute atomic E-state index is 9.41. The van der Waals surface area contributed by atoms with E-state index in [-0.39, 0.29) is 6.61 Å². The van der Waals surface area contributed by atoms with E-state index in [4.69, 9.17) is 4.98 Å². The Kier molecular flexibility index (Phi) is 3.53. The Balaban J connectivity index is 2.01. The second kappa shape index (κ2) is 5.31. The van der Waals surface area contributed by atoms with Crippen molar-refractivity contribution in [2.45, 2.75) is 32.8 Å². The van der Waals surface area contributed by atoms with E-state index >= 15 is 0 Å². The number of aliphatic hydroxyl groups is 1. The van der Waals surface area contributed by atoms with Crippen molar-refractivity contribution in [1.82, 2.24) is 4.98 Å². The van der Waals surface area contributed by atoms with Crippen LogP contribution in [-0.2, 0) is 19.4 Å². The quantitative estimate of drug-likeness (QED) is 0.933. The molecule has 0 atom stereocenters. The van der Waals surface area contributed by atoms with Crippen molar-refractivity contribution in [3.63, 3.8) is 0 Å². The molecular weight excluding hydrogens is 256 g/mol. The molecule has 1 aliphatic heterocycles. The van der Waals surface area contributed by atoms with Gasteiger partial charge in [-0.15, -0.1) is 0 Å². The van der Waals surface area contributed by atoms with E-state index in [1.165, 1.54) is 11.3 Å². The van der Waals surface area contributed by atoms with Crippen LogP contribution >= 0.6 is 11.3 Å². The lowest BCUT2D eigenvalue weighted by Gasteiger charge is -2.28. The average molecular weight is 274 g/mol. The molecule has 1 aliphatic rings. The van der Waals surface area contributed by atoms with Crippen molar-refractivity contribution >= 4 is 22.2 Å². The minimum Gasteiger partial charge on any atom is -0.391 e. The minimum absolute atomic E-state index is 0.0936. The molecule has 19 heavy (non-hydrogen) atoms. The zero-order valence-electron chi connectivity index (χ0n) is 11.1. The number of aromatic nitrogens is 1. The molecule has 0 unspecified atom stereocenters. The van der Waals surface area contributed by atoms with Crippen molar-refractivity contribution in [2.75, 3.05) is 11.4 Å². The first-order valence-corrected chi connectivity index (χ1v) is 7.60. The highest BCUT2D eigenvalue weighted by Crippen LogP contribution is 2.36. The first kappa shape index (κ1) is 12.6. The lowest BCUT2D eigenvalue weighted by atomic mass is 10.0. The Bertz CT molecular complexity index is 558. The van der Waals surface area contributed by atoms with E-state index in [9.17, 15) is 5.11 Å². The number of aliphatic hydroxyl groups excluding tert-OH is 1. The van der Waals surface area contributed by atoms with Gasteiger partial charge in [-0.25, -0.2) is 4.98 Å². The largest absolute Gasteiger partial charge is 0.391 e. The van der Waals surface area contributed by atoms with E-state index < -0.39 is 0 Å². The van der Waals surface area contributed by atoms with Crippen LogP contribution in [0.4, 0.5) is 10.8 Å². The number of para-hydroxylation sites is 1. The van der Waals surface area contributed by atoms with Gasteiger partial charge in [0.05, 0.1) is 17.2 Å². The van der Waals surface area contributed by atoms with Gasteiger partial charge in [0.15, 0.2) is 5.13 Å². The predicted molar refractivity (Wildman–Crippen MR) is 79.2 cm³/mol. The van der Waals surface area contributed by atoms with Gasteiger partial charge in [-0.05, 0) is 30.9 Å². The zero-order valence-corrected chi connectivity index (χ0v) is 11.9. The van der Waals surface area contributed by atoms with E-state index in [2.05, 4.69) is 36.1 Å². The van der Waals surface area contributed by atoms with Crippen molar-refractivity contribution in [3.05, 3.63) is 40.4 Å². The molecule has 3 nitrogen and oxygen atoms in total. The van der Waals surface area contributed by atoms with Crippen LogP contribution in [-0.4, -0.2) is 16.6 Å². The summed E-state index contributed by atoms with van der Waals surface area (Å²) in [5.74, 6) is 0. The number of aryl methyl sites for hydroxylation is 2. The molecular formula is C15H18N2OS. The van der Waals surface area contributed by atoms with Crippen LogP contribution < -0.4 is 4.90 Å². The van der Waals surface area contributed by atoms with Crippen LogP contribution in [0.5, 0.6) is 0 Å². The number of thiazole rings is 1. The molecule has 0 radical (unpaired) electrons. The van der Waals surface area contributed by atoms with Gasteiger partial charge in [-0.3, -0.25) is 0 Å². The second-order valence-electron chi connectivity index (χ2n) is 4.76. The molecule has 2 aromatic rings. The number of anilines is 2. The van der Waals surface area contributed by atoms with E-state index in [1.54, 1.807) is 11.3 Å². The topological polar surface area (TPSA) is 36.4 Å². The smallest absolute Gasteiger partial charge is 0.190 e. The number of rotatable bonds is 3. The Morgan fingerprint density at radius 2 is 2.21 bits per heavy atom. The SMILES string of the molecule is CCc1nc(N2CCCc3ccccc32)sc1CO. The summed E-state index contributed by atoms with van der Waals surface area (Å²) in [4.78, 5) is 8.00. The number of nitrogens with zero attached hydrogens (tertiary/aromatic N) is 2. The standard InChI is InChI=1S/C15H18N2OS/c1-2-12-14(10-18)19-15(16-12)17-9-5-7-11-6-3-4-8-13(11)17/h3-4,6,8,18H,2,5,7,9-10H2,1H3. The van der Waals surface area contributed by atoms with Crippen LogP contribution in [0.15, 0.2) is 24.3 Å². The molecule has 1 aromatic heterocycles. The molecule has 3 rings (SSSR count). The van der Waals surface area contributed by atoms with Crippen molar-refractivity contribution in [1.29, 1.82) is 0 Å². The monoisotopic (exact) mass is 274 g/mol. The molecule has 4 heteroatoms. The summed E-state index contributed by atoms with van der Waals surface area (Å²) in [6.45, 7) is 3.19.